The van der Waals surface area contributed by atoms with E-state index in [0.717, 1.165) is 12.8 Å². The molecule has 2 bridgehead atoms. The van der Waals surface area contributed by atoms with Gasteiger partial charge >= 0.3 is 0 Å². The summed E-state index contributed by atoms with van der Waals surface area (Å²) in [5, 5.41) is 7.50. The molecule has 18 heavy (non-hydrogen) atoms. The zero-order valence-corrected chi connectivity index (χ0v) is 11.0. The number of nitrogens with zero attached hydrogens (tertiary/aromatic N) is 3. The Morgan fingerprint density at radius 2 is 1.94 bits per heavy atom. The molecule has 2 fully saturated rings. The van der Waals surface area contributed by atoms with Gasteiger partial charge in [-0.15, -0.1) is 10.2 Å². The second-order valence-electron chi connectivity index (χ2n) is 4.54. The van der Waals surface area contributed by atoms with Crippen molar-refractivity contribution in [1.29, 1.82) is 0 Å². The van der Waals surface area contributed by atoms with Gasteiger partial charge in [0.1, 0.15) is 0 Å². The number of carbonyl (C=O) groups is 1. The molecule has 2 saturated heterocycles. The molecule has 5 nitrogen and oxygen atoms in total. The first-order valence-corrected chi connectivity index (χ1v) is 6.52. The third kappa shape index (κ3) is 2.18. The van der Waals surface area contributed by atoms with Crippen LogP contribution in [0.4, 0.5) is 0 Å². The summed E-state index contributed by atoms with van der Waals surface area (Å²) < 4.78 is 5.69. The van der Waals surface area contributed by atoms with Crippen LogP contribution < -0.4 is 0 Å². The Labute approximate surface area is 114 Å². The highest BCUT2D eigenvalue weighted by molar-refractivity contribution is 6.34. The largest absolute Gasteiger partial charge is 0.371 e. The van der Waals surface area contributed by atoms with Crippen LogP contribution >= 0.6 is 23.2 Å². The minimum Gasteiger partial charge on any atom is -0.371 e. The monoisotopic (exact) mass is 287 g/mol. The van der Waals surface area contributed by atoms with E-state index in [1.165, 1.54) is 6.07 Å². The number of morpholine rings is 1. The number of fused-ring (bicyclic) bond motifs is 2. The van der Waals surface area contributed by atoms with Crippen molar-refractivity contribution in [1.82, 2.24) is 15.1 Å². The van der Waals surface area contributed by atoms with Gasteiger partial charge in [-0.25, -0.2) is 0 Å². The number of hydrogen-bond acceptors (Lipinski definition) is 4. The summed E-state index contributed by atoms with van der Waals surface area (Å²) in [4.78, 5) is 14.1. The van der Waals surface area contributed by atoms with E-state index >= 15 is 0 Å². The van der Waals surface area contributed by atoms with Crippen LogP contribution in [0, 0.1) is 0 Å². The molecule has 1 aromatic rings. The maximum atomic E-state index is 12.4. The fourth-order valence-electron chi connectivity index (χ4n) is 2.45. The maximum Gasteiger partial charge on any atom is 0.257 e. The Balaban J connectivity index is 1.84. The summed E-state index contributed by atoms with van der Waals surface area (Å²) in [5.41, 5.74) is 0.304. The molecule has 0 radical (unpaired) electrons. The zero-order chi connectivity index (χ0) is 12.7. The van der Waals surface area contributed by atoms with Gasteiger partial charge in [-0.05, 0) is 18.9 Å². The van der Waals surface area contributed by atoms with Crippen LogP contribution in [0.25, 0.3) is 0 Å². The Hall–Kier alpha value is -0.910. The highest BCUT2D eigenvalue weighted by Gasteiger charge is 2.36. The third-order valence-corrected chi connectivity index (χ3v) is 3.74. The molecule has 1 aromatic heterocycles. The first-order chi connectivity index (χ1) is 8.63. The lowest BCUT2D eigenvalue weighted by atomic mass is 10.2. The van der Waals surface area contributed by atoms with Crippen LogP contribution in [0.1, 0.15) is 23.2 Å². The molecule has 0 saturated carbocycles. The summed E-state index contributed by atoms with van der Waals surface area (Å²) in [6.45, 7) is 1.21. The van der Waals surface area contributed by atoms with Crippen LogP contribution in [0.2, 0.25) is 10.3 Å². The second-order valence-corrected chi connectivity index (χ2v) is 5.28. The van der Waals surface area contributed by atoms with Gasteiger partial charge < -0.3 is 9.64 Å². The van der Waals surface area contributed by atoms with E-state index in [1.54, 1.807) is 4.90 Å². The van der Waals surface area contributed by atoms with E-state index in [1.807, 2.05) is 0 Å². The lowest BCUT2D eigenvalue weighted by molar-refractivity contribution is -0.0303. The standard InChI is InChI=1S/C11H11Cl2N3O2/c12-9-3-8(10(13)15-14-9)11(17)16-4-6-1-2-7(5-16)18-6/h3,6-7H,1-2,4-5H2. The van der Waals surface area contributed by atoms with Crippen molar-refractivity contribution >= 4 is 29.1 Å². The van der Waals surface area contributed by atoms with Gasteiger partial charge in [0, 0.05) is 13.1 Å². The Morgan fingerprint density at radius 3 is 2.61 bits per heavy atom. The van der Waals surface area contributed by atoms with E-state index < -0.39 is 0 Å². The predicted molar refractivity (Wildman–Crippen MR) is 65.9 cm³/mol. The summed E-state index contributed by atoms with van der Waals surface area (Å²) >= 11 is 11.6. The number of rotatable bonds is 1. The normalized spacial score (nSPS) is 26.4. The second kappa shape index (κ2) is 4.64. The highest BCUT2D eigenvalue weighted by Crippen LogP contribution is 2.28. The Morgan fingerprint density at radius 1 is 1.28 bits per heavy atom. The molecule has 3 rings (SSSR count). The molecule has 2 atom stereocenters. The third-order valence-electron chi connectivity index (χ3n) is 3.28. The van der Waals surface area contributed by atoms with Crippen molar-refractivity contribution in [3.8, 4) is 0 Å². The first-order valence-electron chi connectivity index (χ1n) is 5.77. The van der Waals surface area contributed by atoms with E-state index in [0.29, 0.717) is 18.7 Å². The predicted octanol–water partition coefficient (Wildman–Crippen LogP) is 1.79. The quantitative estimate of drug-likeness (QED) is 0.790. The van der Waals surface area contributed by atoms with E-state index in [9.17, 15) is 4.79 Å². The molecule has 7 heteroatoms. The van der Waals surface area contributed by atoms with Gasteiger partial charge in [0.05, 0.1) is 17.8 Å². The van der Waals surface area contributed by atoms with Crippen molar-refractivity contribution in [3.05, 3.63) is 21.9 Å². The fourth-order valence-corrected chi connectivity index (χ4v) is 2.77. The van der Waals surface area contributed by atoms with E-state index in [2.05, 4.69) is 10.2 Å². The summed E-state index contributed by atoms with van der Waals surface area (Å²) in [5.74, 6) is -0.156. The Bertz CT molecular complexity index is 485. The van der Waals surface area contributed by atoms with Gasteiger partial charge in [0.15, 0.2) is 10.3 Å². The molecular weight excluding hydrogens is 277 g/mol. The van der Waals surface area contributed by atoms with Gasteiger partial charge in [0.2, 0.25) is 0 Å². The zero-order valence-electron chi connectivity index (χ0n) is 9.47. The molecule has 0 N–H and O–H groups in total. The van der Waals surface area contributed by atoms with Crippen LogP contribution in [0.3, 0.4) is 0 Å². The van der Waals surface area contributed by atoms with E-state index in [4.69, 9.17) is 27.9 Å². The lowest BCUT2D eigenvalue weighted by Crippen LogP contribution is -2.45. The number of hydrogen-bond donors (Lipinski definition) is 0. The van der Waals surface area contributed by atoms with E-state index in [-0.39, 0.29) is 28.4 Å². The smallest absolute Gasteiger partial charge is 0.257 e. The summed E-state index contributed by atoms with van der Waals surface area (Å²) in [6, 6.07) is 1.45. The molecule has 2 aliphatic heterocycles. The summed E-state index contributed by atoms with van der Waals surface area (Å²) in [7, 11) is 0. The molecule has 1 amide bonds. The van der Waals surface area contributed by atoms with Gasteiger partial charge in [-0.3, -0.25) is 4.79 Å². The van der Waals surface area contributed by atoms with Crippen LogP contribution in [-0.4, -0.2) is 46.3 Å². The molecule has 3 heterocycles. The number of aromatic nitrogens is 2. The molecule has 2 aliphatic rings. The fraction of sp³-hybridized carbons (Fsp3) is 0.545. The number of halogens is 2. The van der Waals surface area contributed by atoms with Crippen molar-refractivity contribution in [2.75, 3.05) is 13.1 Å². The van der Waals surface area contributed by atoms with Crippen molar-refractivity contribution in [2.45, 2.75) is 25.0 Å². The van der Waals surface area contributed by atoms with Crippen LogP contribution in [0.15, 0.2) is 6.07 Å². The maximum absolute atomic E-state index is 12.4. The van der Waals surface area contributed by atoms with Gasteiger partial charge in [0.25, 0.3) is 5.91 Å². The SMILES string of the molecule is O=C(c1cc(Cl)nnc1Cl)N1CC2CCC(C1)O2. The molecule has 96 valence electrons. The molecular formula is C11H11Cl2N3O2. The number of likely N-dealkylation sites (tertiary alicyclic amines) is 1. The lowest BCUT2D eigenvalue weighted by Gasteiger charge is -2.32. The molecule has 0 aliphatic carbocycles. The Kier molecular flexibility index (Phi) is 3.13. The van der Waals surface area contributed by atoms with Crippen molar-refractivity contribution in [2.24, 2.45) is 0 Å². The average Bonchev–Trinajstić information content (AvgIpc) is 2.70. The molecule has 0 aromatic carbocycles. The minimum atomic E-state index is -0.156. The number of carbonyl (C=O) groups excluding carboxylic acids is 1. The van der Waals surface area contributed by atoms with Gasteiger partial charge in [-0.1, -0.05) is 23.2 Å². The highest BCUT2D eigenvalue weighted by atomic mass is 35.5. The van der Waals surface area contributed by atoms with Crippen molar-refractivity contribution in [3.63, 3.8) is 0 Å². The van der Waals surface area contributed by atoms with Crippen LogP contribution in [0.5, 0.6) is 0 Å². The minimum absolute atomic E-state index is 0.0863. The summed E-state index contributed by atoms with van der Waals surface area (Å²) in [6.07, 6.45) is 2.32. The van der Waals surface area contributed by atoms with Gasteiger partial charge in [-0.2, -0.15) is 0 Å². The number of amides is 1. The average molecular weight is 288 g/mol. The van der Waals surface area contributed by atoms with Crippen LogP contribution in [-0.2, 0) is 4.74 Å². The topological polar surface area (TPSA) is 55.3 Å². The molecule has 2 unspecified atom stereocenters. The first kappa shape index (κ1) is 12.1. The van der Waals surface area contributed by atoms with Crippen molar-refractivity contribution < 1.29 is 9.53 Å². The molecule has 0 spiro atoms. The number of ether oxygens (including phenoxy) is 1.